The highest BCUT2D eigenvalue weighted by molar-refractivity contribution is 5.65. The van der Waals surface area contributed by atoms with Gasteiger partial charge in [0.15, 0.2) is 17.4 Å². The number of halogens is 2. The van der Waals surface area contributed by atoms with E-state index in [2.05, 4.69) is 25.6 Å². The van der Waals surface area contributed by atoms with Crippen LogP contribution in [0, 0.1) is 17.6 Å². The molecule has 1 aliphatic rings. The third kappa shape index (κ3) is 4.77. The molecule has 3 heteroatoms. The van der Waals surface area contributed by atoms with Crippen LogP contribution in [0.5, 0.6) is 5.75 Å². The summed E-state index contributed by atoms with van der Waals surface area (Å²) in [6.45, 7) is 5.82. The maximum absolute atomic E-state index is 14.2. The van der Waals surface area contributed by atoms with Gasteiger partial charge in [-0.1, -0.05) is 56.7 Å². The molecule has 27 heavy (non-hydrogen) atoms. The van der Waals surface area contributed by atoms with Gasteiger partial charge in [0.1, 0.15) is 6.61 Å². The summed E-state index contributed by atoms with van der Waals surface area (Å²) in [6.07, 6.45) is 9.17. The van der Waals surface area contributed by atoms with Gasteiger partial charge in [-0.15, -0.1) is 0 Å². The molecule has 2 aromatic rings. The molecule has 0 aliphatic heterocycles. The van der Waals surface area contributed by atoms with Crippen molar-refractivity contribution in [1.29, 1.82) is 0 Å². The van der Waals surface area contributed by atoms with E-state index >= 15 is 0 Å². The van der Waals surface area contributed by atoms with E-state index in [9.17, 15) is 8.78 Å². The highest BCUT2D eigenvalue weighted by atomic mass is 19.1. The fraction of sp³-hybridized carbons (Fsp3) is 0.417. The molecule has 2 aromatic carbocycles. The molecule has 0 unspecified atom stereocenters. The van der Waals surface area contributed by atoms with Crippen LogP contribution < -0.4 is 4.74 Å². The van der Waals surface area contributed by atoms with Gasteiger partial charge in [-0.3, -0.25) is 0 Å². The Morgan fingerprint density at radius 3 is 2.19 bits per heavy atom. The van der Waals surface area contributed by atoms with Crippen LogP contribution in [0.3, 0.4) is 0 Å². The number of benzene rings is 2. The Kier molecular flexibility index (Phi) is 6.65. The van der Waals surface area contributed by atoms with Crippen LogP contribution in [-0.2, 0) is 0 Å². The van der Waals surface area contributed by atoms with Crippen LogP contribution in [0.1, 0.15) is 56.9 Å². The predicted octanol–water partition coefficient (Wildman–Crippen LogP) is 7.27. The Balaban J connectivity index is 1.71. The third-order valence-corrected chi connectivity index (χ3v) is 5.60. The van der Waals surface area contributed by atoms with Gasteiger partial charge in [-0.25, -0.2) is 8.78 Å². The second-order valence-corrected chi connectivity index (χ2v) is 7.50. The normalized spacial score (nSPS) is 19.7. The van der Waals surface area contributed by atoms with Crippen LogP contribution in [0.4, 0.5) is 8.78 Å². The van der Waals surface area contributed by atoms with E-state index in [1.54, 1.807) is 0 Å². The van der Waals surface area contributed by atoms with Crippen molar-refractivity contribution in [3.8, 4) is 16.9 Å². The molecule has 1 fully saturated rings. The molecule has 0 heterocycles. The maximum Gasteiger partial charge on any atom is 0.191 e. The van der Waals surface area contributed by atoms with Crippen molar-refractivity contribution in [3.05, 3.63) is 66.3 Å². The van der Waals surface area contributed by atoms with Crippen molar-refractivity contribution in [2.24, 2.45) is 5.92 Å². The first kappa shape index (κ1) is 19.6. The molecular weight excluding hydrogens is 342 g/mol. The van der Waals surface area contributed by atoms with Gasteiger partial charge >= 0.3 is 0 Å². The molecule has 0 atom stereocenters. The molecule has 0 N–H and O–H groups in total. The monoisotopic (exact) mass is 370 g/mol. The van der Waals surface area contributed by atoms with Gasteiger partial charge < -0.3 is 4.74 Å². The van der Waals surface area contributed by atoms with Gasteiger partial charge in [0.25, 0.3) is 0 Å². The third-order valence-electron chi connectivity index (χ3n) is 5.60. The van der Waals surface area contributed by atoms with E-state index in [1.165, 1.54) is 62.3 Å². The fourth-order valence-electron chi connectivity index (χ4n) is 4.15. The van der Waals surface area contributed by atoms with Gasteiger partial charge in [0, 0.05) is 0 Å². The van der Waals surface area contributed by atoms with E-state index in [0.29, 0.717) is 11.5 Å². The average Bonchev–Trinajstić information content (AvgIpc) is 2.68. The van der Waals surface area contributed by atoms with Crippen LogP contribution in [0.15, 0.2) is 49.1 Å². The molecule has 0 amide bonds. The smallest absolute Gasteiger partial charge is 0.191 e. The van der Waals surface area contributed by atoms with Gasteiger partial charge in [0.2, 0.25) is 0 Å². The van der Waals surface area contributed by atoms with Crippen molar-refractivity contribution in [1.82, 2.24) is 0 Å². The van der Waals surface area contributed by atoms with Gasteiger partial charge in [-0.2, -0.15) is 0 Å². The summed E-state index contributed by atoms with van der Waals surface area (Å²) < 4.78 is 33.4. The van der Waals surface area contributed by atoms with Gasteiger partial charge in [0.05, 0.1) is 0 Å². The molecule has 0 aromatic heterocycles. The molecular formula is C24H28F2O. The van der Waals surface area contributed by atoms with E-state index in [-0.39, 0.29) is 12.4 Å². The zero-order valence-corrected chi connectivity index (χ0v) is 16.0. The first-order valence-corrected chi connectivity index (χ1v) is 9.95. The number of hydrogen-bond acceptors (Lipinski definition) is 1. The summed E-state index contributed by atoms with van der Waals surface area (Å²) in [6, 6.07) is 10.8. The summed E-state index contributed by atoms with van der Waals surface area (Å²) >= 11 is 0. The zero-order valence-electron chi connectivity index (χ0n) is 16.0. The molecule has 1 saturated carbocycles. The second kappa shape index (κ2) is 9.16. The maximum atomic E-state index is 14.2. The highest BCUT2D eigenvalue weighted by Gasteiger charge is 2.22. The van der Waals surface area contributed by atoms with Crippen molar-refractivity contribution < 1.29 is 13.5 Å². The molecule has 3 rings (SSSR count). The molecule has 0 spiro atoms. The minimum Gasteiger partial charge on any atom is -0.483 e. The van der Waals surface area contributed by atoms with Crippen LogP contribution in [-0.4, -0.2) is 6.61 Å². The summed E-state index contributed by atoms with van der Waals surface area (Å²) in [7, 11) is 0. The van der Waals surface area contributed by atoms with E-state index in [0.717, 1.165) is 11.5 Å². The fourth-order valence-corrected chi connectivity index (χ4v) is 4.15. The molecule has 1 aliphatic carbocycles. The first-order valence-electron chi connectivity index (χ1n) is 9.95. The lowest BCUT2D eigenvalue weighted by Gasteiger charge is -2.28. The zero-order chi connectivity index (χ0) is 19.2. The minimum absolute atomic E-state index is 0.0718. The SMILES string of the molecule is C=CCOc1c(F)cc(-c2ccc(C3CCC(CCC)CC3)cc2)cc1F. The summed E-state index contributed by atoms with van der Waals surface area (Å²) in [5.41, 5.74) is 2.67. The van der Waals surface area contributed by atoms with E-state index < -0.39 is 11.6 Å². The topological polar surface area (TPSA) is 9.23 Å². The largest absolute Gasteiger partial charge is 0.483 e. The Bertz CT molecular complexity index is 735. The van der Waals surface area contributed by atoms with Gasteiger partial charge in [-0.05, 0) is 66.3 Å². The molecule has 144 valence electrons. The highest BCUT2D eigenvalue weighted by Crippen LogP contribution is 2.38. The van der Waals surface area contributed by atoms with E-state index in [1.807, 2.05) is 12.1 Å². The predicted molar refractivity (Wildman–Crippen MR) is 107 cm³/mol. The number of rotatable bonds is 7. The van der Waals surface area contributed by atoms with Crippen LogP contribution in [0.2, 0.25) is 0 Å². The molecule has 0 radical (unpaired) electrons. The lowest BCUT2D eigenvalue weighted by Crippen LogP contribution is -2.13. The lowest BCUT2D eigenvalue weighted by atomic mass is 9.77. The lowest BCUT2D eigenvalue weighted by molar-refractivity contribution is 0.308. The average molecular weight is 370 g/mol. The summed E-state index contributed by atoms with van der Waals surface area (Å²) in [5.74, 6) is -0.233. The molecule has 0 saturated heterocycles. The second-order valence-electron chi connectivity index (χ2n) is 7.50. The van der Waals surface area contributed by atoms with Crippen molar-refractivity contribution in [3.63, 3.8) is 0 Å². The Morgan fingerprint density at radius 2 is 1.63 bits per heavy atom. The van der Waals surface area contributed by atoms with Crippen molar-refractivity contribution >= 4 is 0 Å². The van der Waals surface area contributed by atoms with Crippen molar-refractivity contribution in [2.75, 3.05) is 6.61 Å². The Labute approximate surface area is 161 Å². The number of ether oxygens (including phenoxy) is 1. The Morgan fingerprint density at radius 1 is 1.00 bits per heavy atom. The quantitative estimate of drug-likeness (QED) is 0.466. The molecule has 1 nitrogen and oxygen atoms in total. The van der Waals surface area contributed by atoms with Crippen molar-refractivity contribution in [2.45, 2.75) is 51.4 Å². The summed E-state index contributed by atoms with van der Waals surface area (Å²) in [4.78, 5) is 0. The number of hydrogen-bond donors (Lipinski definition) is 0. The summed E-state index contributed by atoms with van der Waals surface area (Å²) in [5, 5.41) is 0. The minimum atomic E-state index is -0.690. The molecule has 0 bridgehead atoms. The van der Waals surface area contributed by atoms with Crippen LogP contribution >= 0.6 is 0 Å². The Hall–Kier alpha value is -2.16. The first-order chi connectivity index (χ1) is 13.1. The van der Waals surface area contributed by atoms with E-state index in [4.69, 9.17) is 4.74 Å². The standard InChI is InChI=1S/C24H28F2O/c1-3-5-17-6-8-18(9-7-17)19-10-12-20(13-11-19)21-15-22(25)24(23(26)16-21)27-14-4-2/h4,10-13,15-18H,2-3,5-9,14H2,1H3. The van der Waals surface area contributed by atoms with Crippen LogP contribution in [0.25, 0.3) is 11.1 Å².